The van der Waals surface area contributed by atoms with Crippen molar-refractivity contribution >= 4 is 0 Å². The molecule has 0 heterocycles. The molecule has 0 fully saturated rings. The highest BCUT2D eigenvalue weighted by Gasteiger charge is 2.04. The Hall–Kier alpha value is -1.37. The van der Waals surface area contributed by atoms with Gasteiger partial charge in [-0.1, -0.05) is 24.3 Å². The smallest absolute Gasteiger partial charge is 0.0641 e. The third-order valence-electron chi connectivity index (χ3n) is 2.22. The number of hydrogen-bond donors (Lipinski definition) is 1. The van der Waals surface area contributed by atoms with Crippen LogP contribution in [-0.4, -0.2) is 19.0 Å². The third kappa shape index (κ3) is 3.70. The predicted molar refractivity (Wildman–Crippen MR) is 61.0 cm³/mol. The van der Waals surface area contributed by atoms with E-state index in [1.54, 1.807) is 0 Å². The zero-order chi connectivity index (χ0) is 11.3. The Morgan fingerprint density at radius 2 is 1.93 bits per heavy atom. The fraction of sp³-hybridized carbons (Fsp3) is 0.417. The molecule has 80 valence electrons. The van der Waals surface area contributed by atoms with E-state index < -0.39 is 0 Å². The van der Waals surface area contributed by atoms with E-state index in [0.29, 0.717) is 6.42 Å². The number of hydrogen-bond acceptors (Lipinski definition) is 3. The van der Waals surface area contributed by atoms with Gasteiger partial charge < -0.3 is 10.6 Å². The minimum atomic E-state index is -0.164. The number of nitrogens with two attached hydrogens (primary N) is 1. The zero-order valence-electron chi connectivity index (χ0n) is 9.27. The minimum Gasteiger partial charge on any atom is -0.323 e. The average Bonchev–Trinajstić information content (AvgIpc) is 2.18. The summed E-state index contributed by atoms with van der Waals surface area (Å²) in [6.07, 6.45) is 0.368. The normalized spacial score (nSPS) is 12.5. The van der Waals surface area contributed by atoms with Gasteiger partial charge in [-0.25, -0.2) is 0 Å². The number of rotatable bonds is 4. The second-order valence-electron chi connectivity index (χ2n) is 3.95. The molecule has 0 amide bonds. The molecule has 2 N–H and O–H groups in total. The summed E-state index contributed by atoms with van der Waals surface area (Å²) in [4.78, 5) is 2.12. The molecule has 0 aliphatic carbocycles. The van der Waals surface area contributed by atoms with Crippen molar-refractivity contribution in [2.45, 2.75) is 19.0 Å². The van der Waals surface area contributed by atoms with Crippen LogP contribution in [0.25, 0.3) is 0 Å². The van der Waals surface area contributed by atoms with Gasteiger partial charge in [0.15, 0.2) is 0 Å². The Labute approximate surface area is 91.1 Å². The number of nitrogens with zero attached hydrogens (tertiary/aromatic N) is 2. The zero-order valence-corrected chi connectivity index (χ0v) is 9.27. The van der Waals surface area contributed by atoms with Crippen LogP contribution in [0.2, 0.25) is 0 Å². The molecular formula is C12H17N3. The highest BCUT2D eigenvalue weighted by molar-refractivity contribution is 5.25. The van der Waals surface area contributed by atoms with Crippen molar-refractivity contribution in [3.8, 4) is 6.07 Å². The lowest BCUT2D eigenvalue weighted by Crippen LogP contribution is -2.12. The average molecular weight is 203 g/mol. The molecule has 0 saturated carbocycles. The Kier molecular flexibility index (Phi) is 4.29. The summed E-state index contributed by atoms with van der Waals surface area (Å²) >= 11 is 0. The van der Waals surface area contributed by atoms with Gasteiger partial charge in [-0.15, -0.1) is 0 Å². The molecule has 0 bridgehead atoms. The van der Waals surface area contributed by atoms with E-state index in [1.165, 1.54) is 5.56 Å². The molecule has 0 spiro atoms. The van der Waals surface area contributed by atoms with Crippen LogP contribution in [0, 0.1) is 11.3 Å². The number of benzene rings is 1. The van der Waals surface area contributed by atoms with Crippen molar-refractivity contribution in [3.05, 3.63) is 35.4 Å². The van der Waals surface area contributed by atoms with Crippen LogP contribution in [0.5, 0.6) is 0 Å². The molecule has 15 heavy (non-hydrogen) atoms. The summed E-state index contributed by atoms with van der Waals surface area (Å²) in [5.74, 6) is 0. The summed E-state index contributed by atoms with van der Waals surface area (Å²) < 4.78 is 0. The molecule has 1 aromatic carbocycles. The molecule has 1 aromatic rings. The van der Waals surface area contributed by atoms with Crippen molar-refractivity contribution in [3.63, 3.8) is 0 Å². The van der Waals surface area contributed by atoms with E-state index in [0.717, 1.165) is 12.1 Å². The van der Waals surface area contributed by atoms with Crippen molar-refractivity contribution in [2.24, 2.45) is 5.73 Å². The van der Waals surface area contributed by atoms with E-state index in [-0.39, 0.29) is 6.04 Å². The van der Waals surface area contributed by atoms with Gasteiger partial charge in [0, 0.05) is 12.6 Å². The molecule has 3 heteroatoms. The van der Waals surface area contributed by atoms with Gasteiger partial charge >= 0.3 is 0 Å². The van der Waals surface area contributed by atoms with Crippen molar-refractivity contribution < 1.29 is 0 Å². The maximum atomic E-state index is 8.53. The van der Waals surface area contributed by atoms with Crippen LogP contribution in [0.4, 0.5) is 0 Å². The third-order valence-corrected chi connectivity index (χ3v) is 2.22. The van der Waals surface area contributed by atoms with Gasteiger partial charge in [0.05, 0.1) is 12.5 Å². The SMILES string of the molecule is CN(C)Cc1ccc([C@H](N)CC#N)cc1. The standard InChI is InChI=1S/C12H17N3/c1-15(2)9-10-3-5-11(6-4-10)12(14)7-8-13/h3-6,12H,7,9,14H2,1-2H3/t12-/m1/s1. The van der Waals surface area contributed by atoms with Gasteiger partial charge in [-0.3, -0.25) is 0 Å². The summed E-state index contributed by atoms with van der Waals surface area (Å²) in [6.45, 7) is 0.924. The first-order valence-electron chi connectivity index (χ1n) is 4.99. The molecule has 0 saturated heterocycles. The maximum absolute atomic E-state index is 8.53. The minimum absolute atomic E-state index is 0.164. The highest BCUT2D eigenvalue weighted by Crippen LogP contribution is 2.14. The Bertz CT molecular complexity index is 335. The van der Waals surface area contributed by atoms with Gasteiger partial charge in [0.25, 0.3) is 0 Å². The lowest BCUT2D eigenvalue weighted by atomic mass is 10.0. The molecule has 3 nitrogen and oxygen atoms in total. The van der Waals surface area contributed by atoms with Crippen LogP contribution >= 0.6 is 0 Å². The molecular weight excluding hydrogens is 186 g/mol. The van der Waals surface area contributed by atoms with Crippen LogP contribution in [0.3, 0.4) is 0 Å². The van der Waals surface area contributed by atoms with Gasteiger partial charge in [-0.05, 0) is 25.2 Å². The number of nitriles is 1. The largest absolute Gasteiger partial charge is 0.323 e. The summed E-state index contributed by atoms with van der Waals surface area (Å²) in [5, 5.41) is 8.53. The van der Waals surface area contributed by atoms with E-state index in [1.807, 2.05) is 26.2 Å². The fourth-order valence-electron chi connectivity index (χ4n) is 1.45. The second kappa shape index (κ2) is 5.50. The first kappa shape index (κ1) is 11.7. The molecule has 0 aliphatic rings. The summed E-state index contributed by atoms with van der Waals surface area (Å²) in [7, 11) is 4.07. The summed E-state index contributed by atoms with van der Waals surface area (Å²) in [5.41, 5.74) is 8.11. The van der Waals surface area contributed by atoms with Crippen molar-refractivity contribution in [1.29, 1.82) is 5.26 Å². The molecule has 1 atom stereocenters. The first-order valence-corrected chi connectivity index (χ1v) is 4.99. The van der Waals surface area contributed by atoms with E-state index in [9.17, 15) is 0 Å². The monoisotopic (exact) mass is 203 g/mol. The molecule has 0 radical (unpaired) electrons. The molecule has 1 rings (SSSR count). The first-order chi connectivity index (χ1) is 7.13. The fourth-order valence-corrected chi connectivity index (χ4v) is 1.45. The van der Waals surface area contributed by atoms with Gasteiger partial charge in [0.1, 0.15) is 0 Å². The Balaban J connectivity index is 2.68. The topological polar surface area (TPSA) is 53.0 Å². The van der Waals surface area contributed by atoms with Crippen molar-refractivity contribution in [1.82, 2.24) is 4.90 Å². The van der Waals surface area contributed by atoms with Crippen LogP contribution in [0.1, 0.15) is 23.6 Å². The maximum Gasteiger partial charge on any atom is 0.0641 e. The van der Waals surface area contributed by atoms with Crippen LogP contribution < -0.4 is 5.73 Å². The van der Waals surface area contributed by atoms with Crippen LogP contribution in [0.15, 0.2) is 24.3 Å². The van der Waals surface area contributed by atoms with Crippen LogP contribution in [-0.2, 0) is 6.54 Å². The highest BCUT2D eigenvalue weighted by atomic mass is 15.0. The molecule has 0 aliphatic heterocycles. The molecule has 0 aromatic heterocycles. The molecule has 0 unspecified atom stereocenters. The van der Waals surface area contributed by atoms with E-state index in [2.05, 4.69) is 23.1 Å². The predicted octanol–water partition coefficient (Wildman–Crippen LogP) is 1.66. The quantitative estimate of drug-likeness (QED) is 0.809. The van der Waals surface area contributed by atoms with Crippen molar-refractivity contribution in [2.75, 3.05) is 14.1 Å². The van der Waals surface area contributed by atoms with E-state index >= 15 is 0 Å². The lowest BCUT2D eigenvalue weighted by molar-refractivity contribution is 0.402. The Morgan fingerprint density at radius 3 is 2.40 bits per heavy atom. The van der Waals surface area contributed by atoms with Gasteiger partial charge in [0.2, 0.25) is 0 Å². The summed E-state index contributed by atoms with van der Waals surface area (Å²) in [6, 6.07) is 10.0. The Morgan fingerprint density at radius 1 is 1.33 bits per heavy atom. The second-order valence-corrected chi connectivity index (χ2v) is 3.95. The lowest BCUT2D eigenvalue weighted by Gasteiger charge is -2.11. The van der Waals surface area contributed by atoms with Gasteiger partial charge in [-0.2, -0.15) is 5.26 Å². The van der Waals surface area contributed by atoms with E-state index in [4.69, 9.17) is 11.0 Å².